The van der Waals surface area contributed by atoms with Gasteiger partial charge in [0.1, 0.15) is 6.04 Å². The van der Waals surface area contributed by atoms with E-state index in [1.54, 1.807) is 0 Å². The van der Waals surface area contributed by atoms with Crippen LogP contribution in [-0.2, 0) is 9.59 Å². The van der Waals surface area contributed by atoms with Gasteiger partial charge in [0.05, 0.1) is 0 Å². The molecule has 0 aromatic rings. The monoisotopic (exact) mass is 215 g/mol. The minimum Gasteiger partial charge on any atom is -0.480 e. The second-order valence-electron chi connectivity index (χ2n) is 4.49. The molecule has 0 bridgehead atoms. The lowest BCUT2D eigenvalue weighted by Gasteiger charge is -2.15. The predicted octanol–water partition coefficient (Wildman–Crippen LogP) is 0.845. The van der Waals surface area contributed by atoms with E-state index in [1.807, 2.05) is 20.8 Å². The Balaban J connectivity index is 4.79. The maximum absolute atomic E-state index is 10.8. The van der Waals surface area contributed by atoms with Gasteiger partial charge in [0.2, 0.25) is 0 Å². The fourth-order valence-corrected chi connectivity index (χ4v) is 1.05. The Labute approximate surface area is 88.6 Å². The number of aliphatic carboxylic acids is 2. The number of carboxylic acid groups (broad SMARTS) is 2. The van der Waals surface area contributed by atoms with Crippen LogP contribution in [0.3, 0.4) is 0 Å². The third-order valence-electron chi connectivity index (χ3n) is 1.64. The van der Waals surface area contributed by atoms with Crippen molar-refractivity contribution in [2.45, 2.75) is 33.2 Å². The zero-order valence-electron chi connectivity index (χ0n) is 9.15. The normalized spacial score (nSPS) is 14.8. The summed E-state index contributed by atoms with van der Waals surface area (Å²) in [5.74, 6) is -2.32. The molecule has 5 nitrogen and oxygen atoms in total. The molecule has 0 saturated heterocycles. The summed E-state index contributed by atoms with van der Waals surface area (Å²) < 4.78 is 0. The molecule has 5 heteroatoms. The van der Waals surface area contributed by atoms with Crippen LogP contribution in [0.2, 0.25) is 0 Å². The lowest BCUT2D eigenvalue weighted by Crippen LogP contribution is -2.31. The fourth-order valence-electron chi connectivity index (χ4n) is 1.05. The summed E-state index contributed by atoms with van der Waals surface area (Å²) >= 11 is 0. The van der Waals surface area contributed by atoms with E-state index in [0.717, 1.165) is 0 Å². The first-order chi connectivity index (χ1) is 6.63. The molecule has 86 valence electrons. The Morgan fingerprint density at radius 1 is 1.33 bits per heavy atom. The molecule has 0 spiro atoms. The van der Waals surface area contributed by atoms with E-state index in [9.17, 15) is 9.59 Å². The zero-order chi connectivity index (χ0) is 12.2. The van der Waals surface area contributed by atoms with Crippen molar-refractivity contribution in [2.75, 3.05) is 0 Å². The Morgan fingerprint density at radius 3 is 2.07 bits per heavy atom. The molecule has 0 radical (unpaired) electrons. The zero-order valence-corrected chi connectivity index (χ0v) is 9.15. The highest BCUT2D eigenvalue weighted by molar-refractivity contribution is 5.88. The summed E-state index contributed by atoms with van der Waals surface area (Å²) in [5, 5.41) is 17.4. The van der Waals surface area contributed by atoms with E-state index in [-0.39, 0.29) is 17.4 Å². The molecule has 4 N–H and O–H groups in total. The Morgan fingerprint density at radius 2 is 1.80 bits per heavy atom. The minimum atomic E-state index is -1.20. The lowest BCUT2D eigenvalue weighted by molar-refractivity contribution is -0.138. The van der Waals surface area contributed by atoms with Gasteiger partial charge in [-0.25, -0.2) is 4.79 Å². The Hall–Kier alpha value is -1.36. The van der Waals surface area contributed by atoms with Gasteiger partial charge in [0.25, 0.3) is 0 Å². The van der Waals surface area contributed by atoms with Gasteiger partial charge < -0.3 is 15.9 Å². The smallest absolute Gasteiger partial charge is 0.331 e. The van der Waals surface area contributed by atoms with Crippen molar-refractivity contribution in [1.29, 1.82) is 0 Å². The van der Waals surface area contributed by atoms with Crippen LogP contribution in [0.15, 0.2) is 11.6 Å². The SMILES string of the molecule is CC(C)(C)/C=C(\C[C@H](N)C(=O)O)C(=O)O. The summed E-state index contributed by atoms with van der Waals surface area (Å²) in [7, 11) is 0. The Bertz CT molecular complexity index is 288. The van der Waals surface area contributed by atoms with Crippen LogP contribution in [0.25, 0.3) is 0 Å². The maximum atomic E-state index is 10.8. The van der Waals surface area contributed by atoms with Crippen LogP contribution in [-0.4, -0.2) is 28.2 Å². The van der Waals surface area contributed by atoms with E-state index < -0.39 is 18.0 Å². The molecule has 0 fully saturated rings. The van der Waals surface area contributed by atoms with Gasteiger partial charge >= 0.3 is 11.9 Å². The average Bonchev–Trinajstić information content (AvgIpc) is 1.99. The quantitative estimate of drug-likeness (QED) is 0.603. The molecule has 15 heavy (non-hydrogen) atoms. The van der Waals surface area contributed by atoms with E-state index in [1.165, 1.54) is 6.08 Å². The van der Waals surface area contributed by atoms with Gasteiger partial charge in [-0.15, -0.1) is 0 Å². The van der Waals surface area contributed by atoms with Crippen molar-refractivity contribution >= 4 is 11.9 Å². The van der Waals surface area contributed by atoms with Crippen LogP contribution < -0.4 is 5.73 Å². The molecule has 0 aromatic heterocycles. The molecule has 0 amide bonds. The molecule has 0 heterocycles. The van der Waals surface area contributed by atoms with Crippen molar-refractivity contribution in [3.05, 3.63) is 11.6 Å². The van der Waals surface area contributed by atoms with E-state index in [4.69, 9.17) is 15.9 Å². The third-order valence-corrected chi connectivity index (χ3v) is 1.64. The van der Waals surface area contributed by atoms with E-state index >= 15 is 0 Å². The third kappa shape index (κ3) is 5.85. The highest BCUT2D eigenvalue weighted by Gasteiger charge is 2.20. The molecule has 0 aromatic carbocycles. The van der Waals surface area contributed by atoms with Crippen LogP contribution in [0, 0.1) is 5.41 Å². The largest absolute Gasteiger partial charge is 0.480 e. The highest BCUT2D eigenvalue weighted by atomic mass is 16.4. The van der Waals surface area contributed by atoms with Crippen molar-refractivity contribution in [3.8, 4) is 0 Å². The number of hydrogen-bond acceptors (Lipinski definition) is 3. The van der Waals surface area contributed by atoms with E-state index in [2.05, 4.69) is 0 Å². The number of allylic oxidation sites excluding steroid dienone is 1. The summed E-state index contributed by atoms with van der Waals surface area (Å²) in [6.45, 7) is 5.51. The first-order valence-corrected chi connectivity index (χ1v) is 4.57. The van der Waals surface area contributed by atoms with Crippen LogP contribution in [0.5, 0.6) is 0 Å². The summed E-state index contributed by atoms with van der Waals surface area (Å²) in [6.07, 6.45) is 1.36. The number of nitrogens with two attached hydrogens (primary N) is 1. The highest BCUT2D eigenvalue weighted by Crippen LogP contribution is 2.19. The number of carboxylic acids is 2. The van der Waals surface area contributed by atoms with Gasteiger partial charge in [-0.3, -0.25) is 4.79 Å². The van der Waals surface area contributed by atoms with Crippen molar-refractivity contribution in [2.24, 2.45) is 11.1 Å². The standard InChI is InChI=1S/C10H17NO4/c1-10(2,3)5-6(8(12)13)4-7(11)9(14)15/h5,7H,4,11H2,1-3H3,(H,12,13)(H,14,15)/b6-5+/t7-/m0/s1. The minimum absolute atomic E-state index is 0.0393. The topological polar surface area (TPSA) is 101 Å². The second-order valence-corrected chi connectivity index (χ2v) is 4.49. The molecule has 0 aliphatic carbocycles. The van der Waals surface area contributed by atoms with Gasteiger partial charge in [0, 0.05) is 12.0 Å². The summed E-state index contributed by atoms with van der Waals surface area (Å²) in [5.41, 5.74) is 5.00. The molecule has 0 unspecified atom stereocenters. The summed E-state index contributed by atoms with van der Waals surface area (Å²) in [6, 6.07) is -1.17. The van der Waals surface area contributed by atoms with Gasteiger partial charge in [-0.2, -0.15) is 0 Å². The van der Waals surface area contributed by atoms with Crippen molar-refractivity contribution < 1.29 is 19.8 Å². The molecular weight excluding hydrogens is 198 g/mol. The molecule has 0 aliphatic rings. The van der Waals surface area contributed by atoms with Gasteiger partial charge in [-0.05, 0) is 5.41 Å². The molecule has 1 atom stereocenters. The second kappa shape index (κ2) is 4.93. The molecule has 0 rings (SSSR count). The average molecular weight is 215 g/mol. The maximum Gasteiger partial charge on any atom is 0.331 e. The van der Waals surface area contributed by atoms with E-state index in [0.29, 0.717) is 0 Å². The lowest BCUT2D eigenvalue weighted by atomic mass is 9.91. The van der Waals surface area contributed by atoms with Crippen molar-refractivity contribution in [3.63, 3.8) is 0 Å². The van der Waals surface area contributed by atoms with Crippen LogP contribution >= 0.6 is 0 Å². The van der Waals surface area contributed by atoms with Crippen molar-refractivity contribution in [1.82, 2.24) is 0 Å². The fraction of sp³-hybridized carbons (Fsp3) is 0.600. The van der Waals surface area contributed by atoms with Gasteiger partial charge in [0.15, 0.2) is 0 Å². The number of rotatable bonds is 4. The molecule has 0 saturated carbocycles. The number of carbonyl (C=O) groups is 2. The number of hydrogen-bond donors (Lipinski definition) is 3. The first kappa shape index (κ1) is 13.6. The van der Waals surface area contributed by atoms with Crippen LogP contribution in [0.1, 0.15) is 27.2 Å². The molecule has 0 aliphatic heterocycles. The Kier molecular flexibility index (Phi) is 4.48. The molecular formula is C10H17NO4. The predicted molar refractivity (Wildman–Crippen MR) is 55.4 cm³/mol. The first-order valence-electron chi connectivity index (χ1n) is 4.57. The summed E-state index contributed by atoms with van der Waals surface area (Å²) in [4.78, 5) is 21.3. The van der Waals surface area contributed by atoms with Gasteiger partial charge in [-0.1, -0.05) is 26.8 Å². The van der Waals surface area contributed by atoms with Crippen LogP contribution in [0.4, 0.5) is 0 Å².